The van der Waals surface area contributed by atoms with Crippen molar-refractivity contribution in [2.24, 2.45) is 5.73 Å². The molecule has 0 aromatic rings. The van der Waals surface area contributed by atoms with Gasteiger partial charge in [0.25, 0.3) is 0 Å². The normalized spacial score (nSPS) is 9.97. The standard InChI is InChI=1S/C20H34N4O6/c1-15(2)17(25)22-10-13-29-19(27)24(12-8-6-5-7-9-21)20(28)30-14-11-23-18(26)16(3)4/h1,3,5-14,21H2,2,4H3,(H,22,25)(H,23,26). The van der Waals surface area contributed by atoms with Crippen molar-refractivity contribution < 1.29 is 28.7 Å². The number of rotatable bonds is 14. The Morgan fingerprint density at radius 1 is 0.800 bits per heavy atom. The van der Waals surface area contributed by atoms with E-state index in [1.165, 1.54) is 0 Å². The SMILES string of the molecule is C=C(C)C(=O)NCCOC(=O)N(CCCCCCN)C(=O)OCCNC(=O)C(=C)C. The van der Waals surface area contributed by atoms with Crippen LogP contribution in [-0.2, 0) is 19.1 Å². The van der Waals surface area contributed by atoms with Crippen LogP contribution in [-0.4, -0.2) is 68.3 Å². The third kappa shape index (κ3) is 12.6. The molecule has 0 rings (SSSR count). The van der Waals surface area contributed by atoms with Crippen LogP contribution in [0, 0.1) is 0 Å². The summed E-state index contributed by atoms with van der Waals surface area (Å²) in [5.74, 6) is -0.696. The lowest BCUT2D eigenvalue weighted by Crippen LogP contribution is -2.40. The average molecular weight is 427 g/mol. The molecular weight excluding hydrogens is 392 g/mol. The molecule has 0 spiro atoms. The molecule has 0 fully saturated rings. The fraction of sp³-hybridized carbons (Fsp3) is 0.600. The van der Waals surface area contributed by atoms with Crippen LogP contribution < -0.4 is 16.4 Å². The predicted molar refractivity (Wildman–Crippen MR) is 113 cm³/mol. The number of hydrogen-bond donors (Lipinski definition) is 3. The molecule has 10 nitrogen and oxygen atoms in total. The lowest BCUT2D eigenvalue weighted by Gasteiger charge is -2.20. The van der Waals surface area contributed by atoms with Gasteiger partial charge in [0.1, 0.15) is 13.2 Å². The van der Waals surface area contributed by atoms with Crippen molar-refractivity contribution in [3.63, 3.8) is 0 Å². The van der Waals surface area contributed by atoms with Gasteiger partial charge >= 0.3 is 12.2 Å². The number of imide groups is 1. The summed E-state index contributed by atoms with van der Waals surface area (Å²) in [6.07, 6.45) is 1.37. The predicted octanol–water partition coefficient (Wildman–Crippen LogP) is 1.47. The Balaban J connectivity index is 4.55. The van der Waals surface area contributed by atoms with E-state index in [9.17, 15) is 19.2 Å². The van der Waals surface area contributed by atoms with Crippen molar-refractivity contribution in [3.05, 3.63) is 24.3 Å². The first-order valence-corrected chi connectivity index (χ1v) is 9.89. The molecule has 0 heterocycles. The second-order valence-electron chi connectivity index (χ2n) is 6.66. The van der Waals surface area contributed by atoms with E-state index in [2.05, 4.69) is 23.8 Å². The highest BCUT2D eigenvalue weighted by Crippen LogP contribution is 2.05. The first-order valence-electron chi connectivity index (χ1n) is 9.89. The maximum absolute atomic E-state index is 12.3. The average Bonchev–Trinajstić information content (AvgIpc) is 2.70. The van der Waals surface area contributed by atoms with E-state index in [0.717, 1.165) is 24.2 Å². The zero-order chi connectivity index (χ0) is 22.9. The first-order chi connectivity index (χ1) is 14.2. The Morgan fingerprint density at radius 2 is 1.23 bits per heavy atom. The van der Waals surface area contributed by atoms with Crippen molar-refractivity contribution in [1.29, 1.82) is 0 Å². The van der Waals surface area contributed by atoms with Crippen LogP contribution in [0.3, 0.4) is 0 Å². The van der Waals surface area contributed by atoms with E-state index < -0.39 is 12.2 Å². The molecule has 0 atom stereocenters. The zero-order valence-electron chi connectivity index (χ0n) is 18.0. The summed E-state index contributed by atoms with van der Waals surface area (Å²) in [5.41, 5.74) is 6.13. The van der Waals surface area contributed by atoms with Gasteiger partial charge in [0.2, 0.25) is 11.8 Å². The lowest BCUT2D eigenvalue weighted by molar-refractivity contribution is -0.118. The van der Waals surface area contributed by atoms with Crippen LogP contribution in [0.1, 0.15) is 39.5 Å². The molecule has 0 radical (unpaired) electrons. The highest BCUT2D eigenvalue weighted by atomic mass is 16.6. The van der Waals surface area contributed by atoms with E-state index in [1.54, 1.807) is 13.8 Å². The summed E-state index contributed by atoms with van der Waals surface area (Å²) in [6, 6.07) is 0. The van der Waals surface area contributed by atoms with Gasteiger partial charge in [0.05, 0.1) is 13.1 Å². The fourth-order valence-electron chi connectivity index (χ4n) is 2.09. The van der Waals surface area contributed by atoms with Gasteiger partial charge in [-0.1, -0.05) is 26.0 Å². The molecule has 170 valence electrons. The Hall–Kier alpha value is -2.88. The van der Waals surface area contributed by atoms with Gasteiger partial charge in [-0.15, -0.1) is 0 Å². The van der Waals surface area contributed by atoms with E-state index in [-0.39, 0.29) is 44.7 Å². The van der Waals surface area contributed by atoms with E-state index in [4.69, 9.17) is 15.2 Å². The summed E-state index contributed by atoms with van der Waals surface area (Å²) < 4.78 is 10.1. The van der Waals surface area contributed by atoms with Crippen molar-refractivity contribution in [2.75, 3.05) is 39.4 Å². The molecule has 4 amide bonds. The molecule has 0 saturated heterocycles. The van der Waals surface area contributed by atoms with Crippen molar-refractivity contribution >= 4 is 24.0 Å². The minimum atomic E-state index is -0.866. The Morgan fingerprint density at radius 3 is 1.63 bits per heavy atom. The van der Waals surface area contributed by atoms with Crippen LogP contribution in [0.15, 0.2) is 24.3 Å². The quantitative estimate of drug-likeness (QED) is 0.282. The second-order valence-corrected chi connectivity index (χ2v) is 6.66. The minimum absolute atomic E-state index is 0.0871. The largest absolute Gasteiger partial charge is 0.447 e. The second kappa shape index (κ2) is 16.0. The first kappa shape index (κ1) is 27.1. The van der Waals surface area contributed by atoms with Crippen LogP contribution >= 0.6 is 0 Å². The number of nitrogens with zero attached hydrogens (tertiary/aromatic N) is 1. The number of hydrogen-bond acceptors (Lipinski definition) is 7. The van der Waals surface area contributed by atoms with Crippen molar-refractivity contribution in [3.8, 4) is 0 Å². The number of nitrogens with one attached hydrogen (secondary N) is 2. The third-order valence-corrected chi connectivity index (χ3v) is 3.78. The van der Waals surface area contributed by atoms with Gasteiger partial charge in [0.15, 0.2) is 0 Å². The van der Waals surface area contributed by atoms with Gasteiger partial charge in [-0.2, -0.15) is 0 Å². The van der Waals surface area contributed by atoms with E-state index >= 15 is 0 Å². The molecule has 10 heteroatoms. The molecule has 0 aliphatic carbocycles. The molecule has 0 saturated carbocycles. The zero-order valence-corrected chi connectivity index (χ0v) is 18.0. The monoisotopic (exact) mass is 426 g/mol. The minimum Gasteiger partial charge on any atom is -0.447 e. The summed E-state index contributed by atoms with van der Waals surface area (Å²) in [7, 11) is 0. The van der Waals surface area contributed by atoms with E-state index in [1.807, 2.05) is 0 Å². The van der Waals surface area contributed by atoms with Gasteiger partial charge in [-0.3, -0.25) is 9.59 Å². The van der Waals surface area contributed by atoms with E-state index in [0.29, 0.717) is 24.1 Å². The topological polar surface area (TPSA) is 140 Å². The van der Waals surface area contributed by atoms with Crippen molar-refractivity contribution in [2.45, 2.75) is 39.5 Å². The molecule has 0 unspecified atom stereocenters. The van der Waals surface area contributed by atoms with Crippen LogP contribution in [0.25, 0.3) is 0 Å². The Kier molecular flexibility index (Phi) is 14.4. The molecule has 0 aliphatic rings. The summed E-state index contributed by atoms with van der Waals surface area (Å²) in [4.78, 5) is 48.3. The Bertz CT molecular complexity index is 574. The molecule has 4 N–H and O–H groups in total. The number of unbranched alkanes of at least 4 members (excludes halogenated alkanes) is 3. The number of carbonyl (C=O) groups excluding carboxylic acids is 4. The summed E-state index contributed by atoms with van der Waals surface area (Å²) in [5, 5.41) is 5.05. The highest BCUT2D eigenvalue weighted by molar-refractivity contribution is 5.92. The van der Waals surface area contributed by atoms with Crippen molar-refractivity contribution in [1.82, 2.24) is 15.5 Å². The van der Waals surface area contributed by atoms with Crippen LogP contribution in [0.2, 0.25) is 0 Å². The van der Waals surface area contributed by atoms with Crippen LogP contribution in [0.4, 0.5) is 9.59 Å². The van der Waals surface area contributed by atoms with Gasteiger partial charge in [0, 0.05) is 17.7 Å². The number of nitrogens with two attached hydrogens (primary N) is 1. The van der Waals surface area contributed by atoms with Crippen LogP contribution in [0.5, 0.6) is 0 Å². The smallest absolute Gasteiger partial charge is 0.419 e. The van der Waals surface area contributed by atoms with Gasteiger partial charge in [-0.05, 0) is 33.2 Å². The molecule has 30 heavy (non-hydrogen) atoms. The Labute approximate surface area is 177 Å². The van der Waals surface area contributed by atoms with Gasteiger partial charge < -0.3 is 25.8 Å². The maximum Gasteiger partial charge on any atom is 0.419 e. The number of ether oxygens (including phenoxy) is 2. The fourth-order valence-corrected chi connectivity index (χ4v) is 2.09. The molecule has 0 aromatic heterocycles. The molecule has 0 aliphatic heterocycles. The maximum atomic E-state index is 12.3. The highest BCUT2D eigenvalue weighted by Gasteiger charge is 2.24. The number of amides is 4. The molecular formula is C20H34N4O6. The summed E-state index contributed by atoms with van der Waals surface area (Å²) >= 11 is 0. The lowest BCUT2D eigenvalue weighted by atomic mass is 10.2. The summed E-state index contributed by atoms with van der Waals surface area (Å²) in [6.45, 7) is 10.8. The van der Waals surface area contributed by atoms with Gasteiger partial charge in [-0.25, -0.2) is 14.5 Å². The molecule has 0 aromatic carbocycles. The third-order valence-electron chi connectivity index (χ3n) is 3.78. The number of carbonyl (C=O) groups is 4. The molecule has 0 bridgehead atoms.